The molecule has 6 aromatic heterocycles. The monoisotopic (exact) mass is 568 g/mol. The van der Waals surface area contributed by atoms with Crippen LogP contribution in [-0.4, -0.2) is 41.0 Å². The van der Waals surface area contributed by atoms with Crippen molar-refractivity contribution in [2.24, 2.45) is 5.92 Å². The van der Waals surface area contributed by atoms with Crippen molar-refractivity contribution in [3.63, 3.8) is 0 Å². The van der Waals surface area contributed by atoms with Gasteiger partial charge in [-0.1, -0.05) is 30.9 Å². The van der Waals surface area contributed by atoms with Gasteiger partial charge in [0, 0.05) is 24.4 Å². The maximum atomic E-state index is 12.7. The third kappa shape index (κ3) is 4.84. The number of aromatic amines is 2. The number of halogens is 1. The smallest absolute Gasteiger partial charge is 0.224 e. The van der Waals surface area contributed by atoms with E-state index in [2.05, 4.69) is 30.5 Å². The Kier molecular flexibility index (Phi) is 6.49. The minimum Gasteiger partial charge on any atom is -0.336 e. The topological polar surface area (TPSA) is 125 Å². The van der Waals surface area contributed by atoms with E-state index in [0.717, 1.165) is 51.2 Å². The van der Waals surface area contributed by atoms with Gasteiger partial charge in [-0.15, -0.1) is 11.3 Å². The van der Waals surface area contributed by atoms with Crippen LogP contribution in [-0.2, 0) is 4.79 Å². The molecular formula is C29H25ClN8OS. The summed E-state index contributed by atoms with van der Waals surface area (Å²) in [5.74, 6) is 1.10. The summed E-state index contributed by atoms with van der Waals surface area (Å²) in [5, 5.41) is 10.6. The fraction of sp³-hybridized carbons (Fsp3) is 0.241. The highest BCUT2D eigenvalue weighted by Gasteiger charge is 2.19. The molecule has 0 bridgehead atoms. The number of anilines is 1. The molecule has 0 radical (unpaired) electrons. The van der Waals surface area contributed by atoms with Crippen molar-refractivity contribution in [1.82, 2.24) is 35.1 Å². The maximum absolute atomic E-state index is 12.7. The molecule has 0 aliphatic heterocycles. The fourth-order valence-corrected chi connectivity index (χ4v) is 6.45. The van der Waals surface area contributed by atoms with Gasteiger partial charge in [-0.25, -0.2) is 9.97 Å². The molecule has 1 fully saturated rings. The van der Waals surface area contributed by atoms with E-state index in [1.54, 1.807) is 18.6 Å². The van der Waals surface area contributed by atoms with Crippen LogP contribution in [0.2, 0.25) is 4.34 Å². The molecule has 1 aliphatic carbocycles. The van der Waals surface area contributed by atoms with Crippen molar-refractivity contribution in [2.45, 2.75) is 38.5 Å². The molecule has 9 nitrogen and oxygen atoms in total. The third-order valence-corrected chi connectivity index (χ3v) is 8.59. The number of hydrogen-bond donors (Lipinski definition) is 3. The molecule has 6 heterocycles. The number of imidazole rings is 1. The number of thiophene rings is 1. The molecule has 3 N–H and O–H groups in total. The van der Waals surface area contributed by atoms with E-state index < -0.39 is 0 Å². The SMILES string of the molecule is O=C(CC1CCCCC1)Nc1cncc(-c2ccc3[nH]nc(-c4nc5c(-c6ccc(Cl)s6)nccc5[nH]4)c3n2)c1. The minimum atomic E-state index is 0.0370. The first-order chi connectivity index (χ1) is 19.6. The summed E-state index contributed by atoms with van der Waals surface area (Å²) < 4.78 is 0.696. The van der Waals surface area contributed by atoms with Crippen molar-refractivity contribution in [2.75, 3.05) is 5.32 Å². The molecule has 1 saturated carbocycles. The quantitative estimate of drug-likeness (QED) is 0.194. The number of fused-ring (bicyclic) bond motifs is 2. The summed E-state index contributed by atoms with van der Waals surface area (Å²) in [6.45, 7) is 0. The van der Waals surface area contributed by atoms with E-state index in [4.69, 9.17) is 21.6 Å². The average molecular weight is 569 g/mol. The van der Waals surface area contributed by atoms with Crippen molar-refractivity contribution < 1.29 is 4.79 Å². The zero-order chi connectivity index (χ0) is 27.1. The lowest BCUT2D eigenvalue weighted by molar-refractivity contribution is -0.117. The summed E-state index contributed by atoms with van der Waals surface area (Å²) >= 11 is 7.63. The van der Waals surface area contributed by atoms with Gasteiger partial charge in [-0.05, 0) is 55.2 Å². The molecular weight excluding hydrogens is 544 g/mol. The molecule has 0 saturated heterocycles. The van der Waals surface area contributed by atoms with E-state index in [1.807, 2.05) is 36.4 Å². The first-order valence-corrected chi connectivity index (χ1v) is 14.5. The Morgan fingerprint density at radius 2 is 1.88 bits per heavy atom. The van der Waals surface area contributed by atoms with E-state index in [0.29, 0.717) is 39.4 Å². The second-order valence-corrected chi connectivity index (χ2v) is 11.8. The second kappa shape index (κ2) is 10.4. The Hall–Kier alpha value is -4.15. The maximum Gasteiger partial charge on any atom is 0.224 e. The number of hydrogen-bond acceptors (Lipinski definition) is 7. The van der Waals surface area contributed by atoms with Crippen LogP contribution >= 0.6 is 22.9 Å². The molecule has 0 aromatic carbocycles. The summed E-state index contributed by atoms with van der Waals surface area (Å²) in [7, 11) is 0. The number of H-pyrrole nitrogens is 2. The van der Waals surface area contributed by atoms with Crippen molar-refractivity contribution >= 4 is 56.6 Å². The molecule has 0 atom stereocenters. The van der Waals surface area contributed by atoms with Crippen LogP contribution in [0.4, 0.5) is 5.69 Å². The first-order valence-electron chi connectivity index (χ1n) is 13.3. The number of amides is 1. The first kappa shape index (κ1) is 24.9. The predicted octanol–water partition coefficient (Wildman–Crippen LogP) is 7.25. The summed E-state index contributed by atoms with van der Waals surface area (Å²) in [5.41, 5.74) is 6.60. The predicted molar refractivity (Wildman–Crippen MR) is 158 cm³/mol. The van der Waals surface area contributed by atoms with Gasteiger partial charge < -0.3 is 10.3 Å². The molecule has 6 aromatic rings. The molecule has 1 aliphatic rings. The number of pyridine rings is 3. The van der Waals surface area contributed by atoms with E-state index in [-0.39, 0.29) is 5.91 Å². The third-order valence-electron chi connectivity index (χ3n) is 7.36. The number of nitrogens with one attached hydrogen (secondary N) is 3. The molecule has 1 amide bonds. The van der Waals surface area contributed by atoms with Gasteiger partial charge in [0.05, 0.1) is 37.8 Å². The standard InChI is InChI=1S/C29H25ClN8OS/c30-23-9-8-22(40-23)27-25-20(10-11-32-27)35-29(36-25)28-26-21(37-38-28)7-6-19(34-26)17-13-18(15-31-14-17)33-24(39)12-16-4-2-1-3-5-16/h6-11,13-16H,1-5,12H2,(H,33,39)(H,35,36)(H,37,38). The van der Waals surface area contributed by atoms with Crippen LogP contribution in [0.25, 0.3) is 55.4 Å². The van der Waals surface area contributed by atoms with E-state index in [9.17, 15) is 4.79 Å². The highest BCUT2D eigenvalue weighted by atomic mass is 35.5. The summed E-state index contributed by atoms with van der Waals surface area (Å²) in [6.07, 6.45) is 11.7. The Bertz CT molecular complexity index is 1850. The number of carbonyl (C=O) groups is 1. The number of nitrogens with zero attached hydrogens (tertiary/aromatic N) is 5. The number of carbonyl (C=O) groups excluding carboxylic acids is 1. The largest absolute Gasteiger partial charge is 0.336 e. The van der Waals surface area contributed by atoms with Crippen molar-refractivity contribution in [3.8, 4) is 33.3 Å². The fourth-order valence-electron chi connectivity index (χ4n) is 5.41. The highest BCUT2D eigenvalue weighted by Crippen LogP contribution is 2.35. The Labute approximate surface area is 238 Å². The molecule has 0 unspecified atom stereocenters. The van der Waals surface area contributed by atoms with Gasteiger partial charge in [0.1, 0.15) is 16.7 Å². The summed E-state index contributed by atoms with van der Waals surface area (Å²) in [4.78, 5) is 35.7. The van der Waals surface area contributed by atoms with Gasteiger partial charge in [0.25, 0.3) is 0 Å². The lowest BCUT2D eigenvalue weighted by Crippen LogP contribution is -2.18. The van der Waals surface area contributed by atoms with Crippen LogP contribution in [0.3, 0.4) is 0 Å². The molecule has 11 heteroatoms. The van der Waals surface area contributed by atoms with Crippen LogP contribution in [0.1, 0.15) is 38.5 Å². The average Bonchev–Trinajstić information content (AvgIpc) is 3.71. The Balaban J connectivity index is 1.19. The second-order valence-electron chi connectivity index (χ2n) is 10.1. The normalized spacial score (nSPS) is 14.2. The molecule has 40 heavy (non-hydrogen) atoms. The molecule has 200 valence electrons. The Morgan fingerprint density at radius 3 is 2.73 bits per heavy atom. The van der Waals surface area contributed by atoms with E-state index in [1.165, 1.54) is 30.6 Å². The summed E-state index contributed by atoms with van der Waals surface area (Å²) in [6, 6.07) is 11.4. The lowest BCUT2D eigenvalue weighted by atomic mass is 9.87. The highest BCUT2D eigenvalue weighted by molar-refractivity contribution is 7.19. The molecule has 7 rings (SSSR count). The van der Waals surface area contributed by atoms with Gasteiger partial charge >= 0.3 is 0 Å². The van der Waals surface area contributed by atoms with Gasteiger partial charge in [-0.3, -0.25) is 19.9 Å². The van der Waals surface area contributed by atoms with Crippen LogP contribution in [0.5, 0.6) is 0 Å². The minimum absolute atomic E-state index is 0.0370. The lowest BCUT2D eigenvalue weighted by Gasteiger charge is -2.20. The molecule has 0 spiro atoms. The van der Waals surface area contributed by atoms with Gasteiger partial charge in [-0.2, -0.15) is 5.10 Å². The number of aromatic nitrogens is 7. The van der Waals surface area contributed by atoms with Crippen LogP contribution in [0, 0.1) is 5.92 Å². The van der Waals surface area contributed by atoms with Crippen molar-refractivity contribution in [3.05, 3.63) is 59.3 Å². The zero-order valence-electron chi connectivity index (χ0n) is 21.4. The number of rotatable bonds is 6. The van der Waals surface area contributed by atoms with Gasteiger partial charge in [0.2, 0.25) is 5.91 Å². The van der Waals surface area contributed by atoms with Gasteiger partial charge in [0.15, 0.2) is 11.5 Å². The van der Waals surface area contributed by atoms with Crippen LogP contribution in [0.15, 0.2) is 55.0 Å². The van der Waals surface area contributed by atoms with Crippen LogP contribution < -0.4 is 5.32 Å². The Morgan fingerprint density at radius 1 is 1.00 bits per heavy atom. The van der Waals surface area contributed by atoms with Crippen molar-refractivity contribution in [1.29, 1.82) is 0 Å². The zero-order valence-corrected chi connectivity index (χ0v) is 23.0. The van der Waals surface area contributed by atoms with E-state index >= 15 is 0 Å².